The number of nitrogens with zero attached hydrogens (tertiary/aromatic N) is 2. The van der Waals surface area contributed by atoms with Gasteiger partial charge in [0, 0.05) is 23.7 Å². The molecule has 0 spiro atoms. The number of ether oxygens (including phenoxy) is 1. The average Bonchev–Trinajstić information content (AvgIpc) is 3.16. The van der Waals surface area contributed by atoms with Crippen molar-refractivity contribution in [3.63, 3.8) is 0 Å². The molecule has 0 aliphatic rings. The molecule has 29 heavy (non-hydrogen) atoms. The van der Waals surface area contributed by atoms with Crippen LogP contribution in [0.1, 0.15) is 29.5 Å². The second kappa shape index (κ2) is 7.93. The van der Waals surface area contributed by atoms with E-state index in [9.17, 15) is 9.59 Å². The van der Waals surface area contributed by atoms with Crippen molar-refractivity contribution in [2.45, 2.75) is 20.0 Å². The number of nitrogens with one attached hydrogen (secondary N) is 1. The molecule has 0 aliphatic heterocycles. The fourth-order valence-electron chi connectivity index (χ4n) is 2.96. The summed E-state index contributed by atoms with van der Waals surface area (Å²) in [5.74, 6) is 0.764. The van der Waals surface area contributed by atoms with Crippen LogP contribution in [0.15, 0.2) is 65.6 Å². The highest BCUT2D eigenvalue weighted by Crippen LogP contribution is 2.18. The van der Waals surface area contributed by atoms with Crippen molar-refractivity contribution in [3.8, 4) is 11.4 Å². The third-order valence-electron chi connectivity index (χ3n) is 4.54. The minimum atomic E-state index is -0.220. The van der Waals surface area contributed by atoms with Crippen LogP contribution in [0.3, 0.4) is 0 Å². The molecule has 2 aromatic heterocycles. The number of hydrogen-bond acceptors (Lipinski definition) is 4. The minimum absolute atomic E-state index is 0.0536. The molecule has 2 aromatic carbocycles. The number of hydrogen-bond donors (Lipinski definition) is 1. The van der Waals surface area contributed by atoms with Crippen LogP contribution in [-0.4, -0.2) is 20.3 Å². The molecule has 0 atom stereocenters. The number of fused-ring (bicyclic) bond motifs is 1. The number of Topliss-reactive ketones (excluding diaryl/α,β-unsaturated/α-hetero) is 1. The first kappa shape index (κ1) is 19.0. The van der Waals surface area contributed by atoms with Gasteiger partial charge in [0.15, 0.2) is 11.6 Å². The first-order valence-corrected chi connectivity index (χ1v) is 9.54. The van der Waals surface area contributed by atoms with Gasteiger partial charge >= 0.3 is 0 Å². The van der Waals surface area contributed by atoms with Crippen molar-refractivity contribution in [2.75, 3.05) is 0 Å². The molecule has 2 heterocycles. The van der Waals surface area contributed by atoms with Crippen LogP contribution in [0.25, 0.3) is 16.7 Å². The number of aromatic amines is 1. The Morgan fingerprint density at radius 2 is 1.93 bits per heavy atom. The monoisotopic (exact) mass is 407 g/mol. The number of rotatable bonds is 6. The maximum atomic E-state index is 12.6. The van der Waals surface area contributed by atoms with Gasteiger partial charge in [-0.3, -0.25) is 14.2 Å². The molecule has 4 aromatic rings. The molecule has 0 saturated carbocycles. The van der Waals surface area contributed by atoms with Crippen molar-refractivity contribution in [2.24, 2.45) is 0 Å². The SMILES string of the molecule is CCC(=O)c1nc2ccc(-n3ccc(OCc4ccc(Cl)cc4)cc3=O)cc2[nH]1. The van der Waals surface area contributed by atoms with E-state index in [0.717, 1.165) is 5.56 Å². The van der Waals surface area contributed by atoms with Crippen molar-refractivity contribution in [1.82, 2.24) is 14.5 Å². The summed E-state index contributed by atoms with van der Waals surface area (Å²) in [6.45, 7) is 2.13. The third-order valence-corrected chi connectivity index (χ3v) is 4.79. The third kappa shape index (κ3) is 4.07. The number of halogens is 1. The van der Waals surface area contributed by atoms with E-state index in [1.165, 1.54) is 10.6 Å². The van der Waals surface area contributed by atoms with Gasteiger partial charge in [-0.25, -0.2) is 4.98 Å². The molecule has 0 amide bonds. The maximum Gasteiger partial charge on any atom is 0.258 e. The van der Waals surface area contributed by atoms with Gasteiger partial charge in [0.1, 0.15) is 12.4 Å². The number of ketones is 1. The molecule has 146 valence electrons. The molecule has 0 radical (unpaired) electrons. The van der Waals surface area contributed by atoms with E-state index in [4.69, 9.17) is 16.3 Å². The Morgan fingerprint density at radius 3 is 2.66 bits per heavy atom. The predicted octanol–water partition coefficient (Wildman–Crippen LogP) is 4.54. The zero-order valence-electron chi connectivity index (χ0n) is 15.7. The number of pyridine rings is 1. The molecule has 0 aliphatic carbocycles. The lowest BCUT2D eigenvalue weighted by Gasteiger charge is -2.09. The van der Waals surface area contributed by atoms with E-state index in [0.29, 0.717) is 46.3 Å². The minimum Gasteiger partial charge on any atom is -0.489 e. The fourth-order valence-corrected chi connectivity index (χ4v) is 3.08. The second-order valence-corrected chi connectivity index (χ2v) is 6.99. The highest BCUT2D eigenvalue weighted by atomic mass is 35.5. The standard InChI is InChI=1S/C22H18ClN3O3/c1-2-20(27)22-24-18-8-7-16(11-19(18)25-22)26-10-9-17(12-21(26)28)29-13-14-3-5-15(23)6-4-14/h3-12H,2,13H2,1H3,(H,24,25). The lowest BCUT2D eigenvalue weighted by Crippen LogP contribution is -2.16. The van der Waals surface area contributed by atoms with Crippen LogP contribution in [0.2, 0.25) is 5.02 Å². The molecule has 7 heteroatoms. The molecule has 6 nitrogen and oxygen atoms in total. The molecule has 4 rings (SSSR count). The van der Waals surface area contributed by atoms with E-state index >= 15 is 0 Å². The highest BCUT2D eigenvalue weighted by Gasteiger charge is 2.11. The van der Waals surface area contributed by atoms with E-state index in [2.05, 4.69) is 9.97 Å². The number of H-pyrrole nitrogens is 1. The Balaban J connectivity index is 1.56. The van der Waals surface area contributed by atoms with Crippen LogP contribution in [0, 0.1) is 0 Å². The first-order chi connectivity index (χ1) is 14.0. The number of carbonyl (C=O) groups is 1. The van der Waals surface area contributed by atoms with Gasteiger partial charge in [-0.15, -0.1) is 0 Å². The van der Waals surface area contributed by atoms with Gasteiger partial charge in [-0.05, 0) is 42.0 Å². The summed E-state index contributed by atoms with van der Waals surface area (Å²) in [6.07, 6.45) is 2.04. The maximum absolute atomic E-state index is 12.6. The van der Waals surface area contributed by atoms with E-state index in [-0.39, 0.29) is 11.3 Å². The van der Waals surface area contributed by atoms with Gasteiger partial charge in [-0.2, -0.15) is 0 Å². The van der Waals surface area contributed by atoms with Crippen LogP contribution in [-0.2, 0) is 6.61 Å². The second-order valence-electron chi connectivity index (χ2n) is 6.55. The Hall–Kier alpha value is -3.38. The van der Waals surface area contributed by atoms with E-state index in [1.807, 2.05) is 12.1 Å². The average molecular weight is 408 g/mol. The van der Waals surface area contributed by atoms with Crippen molar-refractivity contribution in [1.29, 1.82) is 0 Å². The molecular weight excluding hydrogens is 390 g/mol. The number of aromatic nitrogens is 3. The molecule has 0 fully saturated rings. The number of carbonyl (C=O) groups excluding carboxylic acids is 1. The Labute approximate surface area is 171 Å². The molecule has 1 N–H and O–H groups in total. The summed E-state index contributed by atoms with van der Waals surface area (Å²) < 4.78 is 7.22. The summed E-state index contributed by atoms with van der Waals surface area (Å²) >= 11 is 5.88. The van der Waals surface area contributed by atoms with Crippen molar-refractivity contribution in [3.05, 3.63) is 87.6 Å². The Morgan fingerprint density at radius 1 is 1.14 bits per heavy atom. The van der Waals surface area contributed by atoms with Gasteiger partial charge < -0.3 is 9.72 Å². The lowest BCUT2D eigenvalue weighted by atomic mass is 10.2. The molecule has 0 saturated heterocycles. The summed E-state index contributed by atoms with van der Waals surface area (Å²) in [5.41, 5.74) is 2.80. The zero-order valence-corrected chi connectivity index (χ0v) is 16.4. The van der Waals surface area contributed by atoms with Crippen LogP contribution in [0.5, 0.6) is 5.75 Å². The summed E-state index contributed by atoms with van der Waals surface area (Å²) in [4.78, 5) is 31.7. The van der Waals surface area contributed by atoms with Crippen LogP contribution in [0.4, 0.5) is 0 Å². The summed E-state index contributed by atoms with van der Waals surface area (Å²) in [7, 11) is 0. The number of imidazole rings is 1. The first-order valence-electron chi connectivity index (χ1n) is 9.17. The van der Waals surface area contributed by atoms with Gasteiger partial charge in [0.05, 0.1) is 16.7 Å². The molecule has 0 unspecified atom stereocenters. The normalized spacial score (nSPS) is 11.0. The Kier molecular flexibility index (Phi) is 5.18. The van der Waals surface area contributed by atoms with E-state index < -0.39 is 0 Å². The smallest absolute Gasteiger partial charge is 0.258 e. The van der Waals surface area contributed by atoms with Gasteiger partial charge in [0.25, 0.3) is 5.56 Å². The zero-order chi connectivity index (χ0) is 20.4. The van der Waals surface area contributed by atoms with Gasteiger partial charge in [0.2, 0.25) is 0 Å². The van der Waals surface area contributed by atoms with Crippen molar-refractivity contribution >= 4 is 28.4 Å². The molecular formula is C22H18ClN3O3. The summed E-state index contributed by atoms with van der Waals surface area (Å²) in [5, 5.41) is 0.664. The quantitative estimate of drug-likeness (QED) is 0.476. The molecule has 0 bridgehead atoms. The topological polar surface area (TPSA) is 77.0 Å². The van der Waals surface area contributed by atoms with Crippen molar-refractivity contribution < 1.29 is 9.53 Å². The van der Waals surface area contributed by atoms with Crippen LogP contribution < -0.4 is 10.3 Å². The van der Waals surface area contributed by atoms with Crippen LogP contribution >= 0.6 is 11.6 Å². The fraction of sp³-hybridized carbons (Fsp3) is 0.136. The van der Waals surface area contributed by atoms with Gasteiger partial charge in [-0.1, -0.05) is 30.7 Å². The summed E-state index contributed by atoms with van der Waals surface area (Å²) in [6, 6.07) is 15.9. The lowest BCUT2D eigenvalue weighted by molar-refractivity contribution is 0.0979. The largest absolute Gasteiger partial charge is 0.489 e. The predicted molar refractivity (Wildman–Crippen MR) is 112 cm³/mol. The Bertz CT molecular complexity index is 1240. The highest BCUT2D eigenvalue weighted by molar-refractivity contribution is 6.30. The van der Waals surface area contributed by atoms with E-state index in [1.54, 1.807) is 49.5 Å². The number of benzene rings is 2.